The smallest absolute Gasteiger partial charge is 0.306 e. The number of quaternary nitrogens is 1. The third-order valence-electron chi connectivity index (χ3n) is 4.10. The summed E-state index contributed by atoms with van der Waals surface area (Å²) in [5.74, 6) is -1.09. The summed E-state index contributed by atoms with van der Waals surface area (Å²) in [6.07, 6.45) is 2.06. The lowest BCUT2D eigenvalue weighted by atomic mass is 9.85. The minimum atomic E-state index is -1.07. The molecule has 8 heteroatoms. The summed E-state index contributed by atoms with van der Waals surface area (Å²) in [4.78, 5) is 18.0. The summed E-state index contributed by atoms with van der Waals surface area (Å²) >= 11 is 0. The van der Waals surface area contributed by atoms with Crippen LogP contribution in [0.3, 0.4) is 0 Å². The molecule has 1 aromatic heterocycles. The van der Waals surface area contributed by atoms with Gasteiger partial charge in [0.1, 0.15) is 17.5 Å². The fourth-order valence-corrected chi connectivity index (χ4v) is 3.12. The van der Waals surface area contributed by atoms with Gasteiger partial charge in [0.2, 0.25) is 0 Å². The standard InChI is InChI=1S/C17H26FN3O3.H2O/c1-11-9-21(14-5-6-19-8-13(14)20-23)10-12(16(11)18)7-15(22)24-17(2,3)4;/h5-6,8,11-12,16H,7,9-10,20H2,1-4H3;1H2/t11-,12+,16+;/m0./s1. The van der Waals surface area contributed by atoms with E-state index in [9.17, 15) is 14.4 Å². The molecule has 7 nitrogen and oxygen atoms in total. The van der Waals surface area contributed by atoms with Gasteiger partial charge in [-0.15, -0.1) is 0 Å². The number of piperidine rings is 1. The quantitative estimate of drug-likeness (QED) is 0.640. The summed E-state index contributed by atoms with van der Waals surface area (Å²) in [7, 11) is 0. The summed E-state index contributed by atoms with van der Waals surface area (Å²) in [6, 6.07) is 1.75. The maximum absolute atomic E-state index is 14.6. The van der Waals surface area contributed by atoms with E-state index in [0.29, 0.717) is 18.8 Å². The molecule has 0 unspecified atom stereocenters. The number of rotatable bonds is 4. The van der Waals surface area contributed by atoms with Crippen molar-refractivity contribution in [3.05, 3.63) is 23.7 Å². The van der Waals surface area contributed by atoms with E-state index in [0.717, 1.165) is 11.2 Å². The predicted octanol–water partition coefficient (Wildman–Crippen LogP) is 1.09. The largest absolute Gasteiger partial charge is 0.630 e. The Bertz CT molecular complexity index is 579. The molecule has 3 atom stereocenters. The van der Waals surface area contributed by atoms with Crippen LogP contribution in [0.15, 0.2) is 18.5 Å². The Labute approximate surface area is 147 Å². The van der Waals surface area contributed by atoms with Crippen molar-refractivity contribution < 1.29 is 24.9 Å². The van der Waals surface area contributed by atoms with E-state index in [4.69, 9.17) is 4.74 Å². The Kier molecular flexibility index (Phi) is 7.28. The van der Waals surface area contributed by atoms with Crippen molar-refractivity contribution in [3.8, 4) is 0 Å². The lowest BCUT2D eigenvalue weighted by molar-refractivity contribution is -0.496. The van der Waals surface area contributed by atoms with Gasteiger partial charge >= 0.3 is 5.97 Å². The van der Waals surface area contributed by atoms with Gasteiger partial charge in [0.25, 0.3) is 0 Å². The molecular formula is C17H28FN3O4. The number of halogens is 1. The fraction of sp³-hybridized carbons (Fsp3) is 0.647. The van der Waals surface area contributed by atoms with Crippen LogP contribution < -0.4 is 10.4 Å². The highest BCUT2D eigenvalue weighted by molar-refractivity contribution is 5.70. The van der Waals surface area contributed by atoms with Gasteiger partial charge in [0.15, 0.2) is 5.69 Å². The summed E-state index contributed by atoms with van der Waals surface area (Å²) in [6.45, 7) is 8.07. The highest BCUT2D eigenvalue weighted by atomic mass is 19.1. The van der Waals surface area contributed by atoms with Crippen molar-refractivity contribution in [2.24, 2.45) is 11.8 Å². The number of hydrogen-bond acceptors (Lipinski definition) is 5. The van der Waals surface area contributed by atoms with Crippen LogP contribution in [0.5, 0.6) is 0 Å². The molecule has 2 heterocycles. The molecular weight excluding hydrogens is 329 g/mol. The minimum Gasteiger partial charge on any atom is -0.630 e. The monoisotopic (exact) mass is 357 g/mol. The van der Waals surface area contributed by atoms with Crippen molar-refractivity contribution in [1.29, 1.82) is 0 Å². The highest BCUT2D eigenvalue weighted by Gasteiger charge is 2.37. The molecule has 1 aromatic rings. The van der Waals surface area contributed by atoms with Crippen LogP contribution in [0.4, 0.5) is 15.8 Å². The topological polar surface area (TPSA) is 114 Å². The van der Waals surface area contributed by atoms with Crippen molar-refractivity contribution in [3.63, 3.8) is 0 Å². The zero-order chi connectivity index (χ0) is 17.9. The van der Waals surface area contributed by atoms with E-state index in [2.05, 4.69) is 4.98 Å². The van der Waals surface area contributed by atoms with Crippen molar-refractivity contribution in [2.45, 2.75) is 45.9 Å². The second kappa shape index (κ2) is 8.55. The second-order valence-corrected chi connectivity index (χ2v) is 7.43. The van der Waals surface area contributed by atoms with Gasteiger partial charge in [-0.1, -0.05) is 6.92 Å². The molecule has 0 spiro atoms. The highest BCUT2D eigenvalue weighted by Crippen LogP contribution is 2.33. The predicted molar refractivity (Wildman–Crippen MR) is 93.0 cm³/mol. The molecule has 0 saturated carbocycles. The number of hydrogen-bond donors (Lipinski definition) is 1. The number of alkyl halides is 1. The van der Waals surface area contributed by atoms with Crippen molar-refractivity contribution in [1.82, 2.24) is 4.98 Å². The van der Waals surface area contributed by atoms with Crippen LogP contribution in [0.1, 0.15) is 34.1 Å². The first-order valence-electron chi connectivity index (χ1n) is 8.21. The van der Waals surface area contributed by atoms with Crippen LogP contribution >= 0.6 is 0 Å². The van der Waals surface area contributed by atoms with E-state index < -0.39 is 23.7 Å². The molecule has 0 bridgehead atoms. The first-order chi connectivity index (χ1) is 11.2. The molecule has 1 saturated heterocycles. The number of esters is 1. The number of ether oxygens (including phenoxy) is 1. The van der Waals surface area contributed by atoms with Gasteiger partial charge in [-0.05, 0) is 26.8 Å². The van der Waals surface area contributed by atoms with Crippen LogP contribution in [-0.4, -0.2) is 41.3 Å². The Morgan fingerprint density at radius 2 is 2.16 bits per heavy atom. The van der Waals surface area contributed by atoms with E-state index in [1.54, 1.807) is 33.0 Å². The molecule has 0 radical (unpaired) electrons. The Balaban J connectivity index is 0.00000312. The van der Waals surface area contributed by atoms with E-state index in [1.807, 2.05) is 11.8 Å². The van der Waals surface area contributed by atoms with Gasteiger partial charge in [0.05, 0.1) is 12.6 Å². The number of nitrogens with zero attached hydrogens (tertiary/aromatic N) is 2. The normalized spacial score (nSPS) is 23.8. The molecule has 1 fully saturated rings. The number of carbonyl (C=O) groups excluding carboxylic acids is 1. The van der Waals surface area contributed by atoms with E-state index in [-0.39, 0.29) is 17.8 Å². The number of carbonyl (C=O) groups is 1. The zero-order valence-electron chi connectivity index (χ0n) is 15.2. The second-order valence-electron chi connectivity index (χ2n) is 7.43. The average molecular weight is 357 g/mol. The maximum Gasteiger partial charge on any atom is 0.306 e. The maximum atomic E-state index is 14.6. The zero-order valence-corrected chi connectivity index (χ0v) is 15.2. The number of anilines is 1. The van der Waals surface area contributed by atoms with Crippen molar-refractivity contribution >= 4 is 17.3 Å². The number of aromatic nitrogens is 1. The lowest BCUT2D eigenvalue weighted by Crippen LogP contribution is -2.70. The summed E-state index contributed by atoms with van der Waals surface area (Å²) in [5, 5.41) is 11.2. The molecule has 1 aliphatic rings. The first kappa shape index (κ1) is 21.3. The summed E-state index contributed by atoms with van der Waals surface area (Å²) < 4.78 is 19.9. The van der Waals surface area contributed by atoms with Gasteiger partial charge in [-0.25, -0.2) is 4.39 Å². The minimum absolute atomic E-state index is 0. The summed E-state index contributed by atoms with van der Waals surface area (Å²) in [5.41, 5.74) is 1.36. The van der Waals surface area contributed by atoms with Gasteiger partial charge in [-0.2, -0.15) is 0 Å². The molecule has 0 aliphatic carbocycles. The first-order valence-corrected chi connectivity index (χ1v) is 8.21. The van der Waals surface area contributed by atoms with Crippen LogP contribution in [-0.2, 0) is 9.53 Å². The van der Waals surface area contributed by atoms with Crippen LogP contribution in [0, 0.1) is 17.0 Å². The average Bonchev–Trinajstić information content (AvgIpc) is 2.49. The third-order valence-corrected chi connectivity index (χ3v) is 4.10. The third kappa shape index (κ3) is 5.62. The molecule has 1 aliphatic heterocycles. The van der Waals surface area contributed by atoms with Gasteiger partial charge in [-0.3, -0.25) is 9.78 Å². The molecule has 0 amide bonds. The Morgan fingerprint density at radius 3 is 2.76 bits per heavy atom. The molecule has 2 rings (SSSR count). The van der Waals surface area contributed by atoms with E-state index >= 15 is 0 Å². The van der Waals surface area contributed by atoms with Gasteiger partial charge in [0, 0.05) is 31.1 Å². The number of pyridine rings is 1. The Hall–Kier alpha value is -1.77. The Morgan fingerprint density at radius 1 is 1.48 bits per heavy atom. The van der Waals surface area contributed by atoms with Gasteiger partial charge < -0.3 is 25.8 Å². The molecule has 0 aromatic carbocycles. The lowest BCUT2D eigenvalue weighted by Gasteiger charge is -2.40. The molecule has 142 valence electrons. The SMILES string of the molecule is C[C@H]1CN(c2ccncc2[NH2+][O-])C[C@@H](CC(=O)OC(C)(C)C)[C@@H]1F.O. The van der Waals surface area contributed by atoms with Crippen LogP contribution in [0.25, 0.3) is 0 Å². The van der Waals surface area contributed by atoms with E-state index in [1.165, 1.54) is 6.20 Å². The molecule has 25 heavy (non-hydrogen) atoms. The van der Waals surface area contributed by atoms with Crippen molar-refractivity contribution in [2.75, 3.05) is 18.0 Å². The fourth-order valence-electron chi connectivity index (χ4n) is 3.12. The molecule has 4 N–H and O–H groups in total. The number of nitrogens with two attached hydrogens (primary N) is 1. The van der Waals surface area contributed by atoms with Crippen LogP contribution in [0.2, 0.25) is 0 Å².